The second-order valence-corrected chi connectivity index (χ2v) is 6.14. The van der Waals surface area contributed by atoms with E-state index in [0.717, 1.165) is 22.7 Å². The van der Waals surface area contributed by atoms with E-state index in [4.69, 9.17) is 0 Å². The molecule has 0 aliphatic carbocycles. The second-order valence-electron chi connectivity index (χ2n) is 6.14. The van der Waals surface area contributed by atoms with Gasteiger partial charge in [-0.3, -0.25) is 4.57 Å². The summed E-state index contributed by atoms with van der Waals surface area (Å²) in [5, 5.41) is 3.38. The molecule has 0 aliphatic rings. The maximum absolute atomic E-state index is 4.55. The maximum Gasteiger partial charge on any atom is 0.157 e. The van der Waals surface area contributed by atoms with Crippen molar-refractivity contribution in [2.24, 2.45) is 0 Å². The largest absolute Gasteiger partial charge is 0.362 e. The molecule has 5 nitrogen and oxygen atoms in total. The first-order chi connectivity index (χ1) is 12.2. The van der Waals surface area contributed by atoms with Crippen molar-refractivity contribution in [3.63, 3.8) is 0 Å². The van der Waals surface area contributed by atoms with Crippen molar-refractivity contribution in [1.82, 2.24) is 19.5 Å². The Morgan fingerprint density at radius 2 is 1.80 bits per heavy atom. The average Bonchev–Trinajstić information content (AvgIpc) is 3.06. The van der Waals surface area contributed by atoms with Crippen LogP contribution in [0, 0.1) is 6.92 Å². The number of nitrogens with one attached hydrogen (secondary N) is 1. The first-order valence-electron chi connectivity index (χ1n) is 8.28. The lowest BCUT2D eigenvalue weighted by molar-refractivity contribution is 0.868. The van der Waals surface area contributed by atoms with E-state index in [0.29, 0.717) is 0 Å². The van der Waals surface area contributed by atoms with Crippen molar-refractivity contribution in [1.29, 1.82) is 0 Å². The monoisotopic (exact) mass is 329 g/mol. The third kappa shape index (κ3) is 3.08. The van der Waals surface area contributed by atoms with Crippen LogP contribution in [0.5, 0.6) is 0 Å². The quantitative estimate of drug-likeness (QED) is 0.606. The fourth-order valence-corrected chi connectivity index (χ4v) is 2.87. The molecular weight excluding hydrogens is 310 g/mol. The fourth-order valence-electron chi connectivity index (χ4n) is 2.87. The van der Waals surface area contributed by atoms with Gasteiger partial charge in [-0.1, -0.05) is 36.4 Å². The van der Waals surface area contributed by atoms with Crippen LogP contribution >= 0.6 is 0 Å². The molecule has 124 valence electrons. The number of fused-ring (bicyclic) bond motifs is 1. The summed E-state index contributed by atoms with van der Waals surface area (Å²) < 4.78 is 1.96. The van der Waals surface area contributed by atoms with E-state index in [1.807, 2.05) is 28.8 Å². The predicted molar refractivity (Wildman–Crippen MR) is 99.9 cm³/mol. The molecule has 2 aromatic carbocycles. The van der Waals surface area contributed by atoms with Crippen molar-refractivity contribution in [3.05, 3.63) is 78.4 Å². The fraction of sp³-hybridized carbons (Fsp3) is 0.150. The van der Waals surface area contributed by atoms with E-state index in [1.165, 1.54) is 11.1 Å². The van der Waals surface area contributed by atoms with Crippen LogP contribution in [0.25, 0.3) is 16.9 Å². The topological polar surface area (TPSA) is 55.6 Å². The van der Waals surface area contributed by atoms with Crippen molar-refractivity contribution in [3.8, 4) is 5.82 Å². The van der Waals surface area contributed by atoms with Gasteiger partial charge in [0.25, 0.3) is 0 Å². The number of rotatable bonds is 4. The Morgan fingerprint density at radius 3 is 2.56 bits per heavy atom. The second kappa shape index (κ2) is 6.36. The third-order valence-electron chi connectivity index (χ3n) is 4.25. The number of aryl methyl sites for hydroxylation is 1. The van der Waals surface area contributed by atoms with Gasteiger partial charge in [0.05, 0.1) is 23.4 Å². The highest BCUT2D eigenvalue weighted by Gasteiger charge is 2.08. The van der Waals surface area contributed by atoms with Crippen molar-refractivity contribution in [2.75, 3.05) is 5.32 Å². The van der Waals surface area contributed by atoms with Crippen molar-refractivity contribution >= 4 is 16.9 Å². The van der Waals surface area contributed by atoms with Gasteiger partial charge in [0.1, 0.15) is 12.1 Å². The van der Waals surface area contributed by atoms with Crippen LogP contribution < -0.4 is 5.32 Å². The molecule has 0 spiro atoms. The van der Waals surface area contributed by atoms with Gasteiger partial charge in [0.2, 0.25) is 0 Å². The lowest BCUT2D eigenvalue weighted by Crippen LogP contribution is -2.08. The van der Waals surface area contributed by atoms with Gasteiger partial charge < -0.3 is 5.32 Å². The minimum absolute atomic E-state index is 0.165. The Morgan fingerprint density at radius 1 is 0.960 bits per heavy atom. The Kier molecular flexibility index (Phi) is 3.90. The molecule has 0 saturated heterocycles. The van der Waals surface area contributed by atoms with Gasteiger partial charge in [-0.25, -0.2) is 15.0 Å². The summed E-state index contributed by atoms with van der Waals surface area (Å²) in [7, 11) is 0. The van der Waals surface area contributed by atoms with Crippen LogP contribution in [-0.2, 0) is 0 Å². The van der Waals surface area contributed by atoms with Gasteiger partial charge in [-0.15, -0.1) is 0 Å². The molecule has 0 unspecified atom stereocenters. The Bertz CT molecular complexity index is 990. The number of aromatic nitrogens is 4. The van der Waals surface area contributed by atoms with Crippen LogP contribution in [0.3, 0.4) is 0 Å². The van der Waals surface area contributed by atoms with E-state index < -0.39 is 0 Å². The number of imidazole rings is 1. The predicted octanol–water partition coefficient (Wildman–Crippen LogP) is 4.30. The molecule has 0 bridgehead atoms. The SMILES string of the molecule is Cc1ccc2ncn(-c3cnc(N[C@@H](C)c4ccccc4)cn3)c2c1. The number of benzene rings is 2. The van der Waals surface area contributed by atoms with Gasteiger partial charge in [0.15, 0.2) is 5.82 Å². The van der Waals surface area contributed by atoms with Gasteiger partial charge in [-0.2, -0.15) is 0 Å². The summed E-state index contributed by atoms with van der Waals surface area (Å²) >= 11 is 0. The standard InChI is InChI=1S/C20H19N5/c1-14-8-9-17-18(10-14)25(13-23-17)20-12-21-19(11-22-20)24-15(2)16-6-4-3-5-7-16/h3-13,15H,1-2H3,(H,21,24)/t15-/m0/s1. The van der Waals surface area contributed by atoms with Gasteiger partial charge in [0, 0.05) is 6.04 Å². The summed E-state index contributed by atoms with van der Waals surface area (Å²) in [6.07, 6.45) is 5.31. The van der Waals surface area contributed by atoms with Gasteiger partial charge >= 0.3 is 0 Å². The molecule has 4 aromatic rings. The summed E-state index contributed by atoms with van der Waals surface area (Å²) in [5.74, 6) is 1.51. The smallest absolute Gasteiger partial charge is 0.157 e. The molecule has 25 heavy (non-hydrogen) atoms. The first-order valence-corrected chi connectivity index (χ1v) is 8.28. The van der Waals surface area contributed by atoms with E-state index in [-0.39, 0.29) is 6.04 Å². The Labute approximate surface area is 146 Å². The van der Waals surface area contributed by atoms with Crippen LogP contribution in [0.15, 0.2) is 67.3 Å². The molecule has 2 aromatic heterocycles. The van der Waals surface area contributed by atoms with E-state index >= 15 is 0 Å². The normalized spacial score (nSPS) is 12.2. The maximum atomic E-state index is 4.55. The molecule has 0 aliphatic heterocycles. The molecular formula is C20H19N5. The highest BCUT2D eigenvalue weighted by Crippen LogP contribution is 2.20. The van der Waals surface area contributed by atoms with Crippen LogP contribution in [0.2, 0.25) is 0 Å². The molecule has 0 fully saturated rings. The number of hydrogen-bond acceptors (Lipinski definition) is 4. The molecule has 0 amide bonds. The molecule has 0 saturated carbocycles. The molecule has 1 N–H and O–H groups in total. The average molecular weight is 329 g/mol. The van der Waals surface area contributed by atoms with E-state index in [1.54, 1.807) is 18.7 Å². The number of nitrogens with zero attached hydrogens (tertiary/aromatic N) is 4. The lowest BCUT2D eigenvalue weighted by atomic mass is 10.1. The molecule has 4 rings (SSSR count). The first kappa shape index (κ1) is 15.3. The summed E-state index contributed by atoms with van der Waals surface area (Å²) in [4.78, 5) is 13.5. The van der Waals surface area contributed by atoms with Crippen LogP contribution in [-0.4, -0.2) is 19.5 Å². The minimum Gasteiger partial charge on any atom is -0.362 e. The summed E-state index contributed by atoms with van der Waals surface area (Å²) in [6.45, 7) is 4.18. The molecule has 1 atom stereocenters. The summed E-state index contributed by atoms with van der Waals surface area (Å²) in [5.41, 5.74) is 4.39. The van der Waals surface area contributed by atoms with E-state index in [2.05, 4.69) is 58.4 Å². The molecule has 2 heterocycles. The Balaban J connectivity index is 1.58. The minimum atomic E-state index is 0.165. The van der Waals surface area contributed by atoms with Crippen molar-refractivity contribution < 1.29 is 0 Å². The lowest BCUT2D eigenvalue weighted by Gasteiger charge is -2.14. The zero-order valence-electron chi connectivity index (χ0n) is 14.2. The number of hydrogen-bond donors (Lipinski definition) is 1. The van der Waals surface area contributed by atoms with E-state index in [9.17, 15) is 0 Å². The molecule has 0 radical (unpaired) electrons. The third-order valence-corrected chi connectivity index (χ3v) is 4.25. The molecule has 5 heteroatoms. The highest BCUT2D eigenvalue weighted by atomic mass is 15.1. The van der Waals surface area contributed by atoms with Crippen molar-refractivity contribution in [2.45, 2.75) is 19.9 Å². The van der Waals surface area contributed by atoms with Crippen LogP contribution in [0.1, 0.15) is 24.1 Å². The van der Waals surface area contributed by atoms with Crippen LogP contribution in [0.4, 0.5) is 5.82 Å². The Hall–Kier alpha value is -3.21. The zero-order valence-corrected chi connectivity index (χ0v) is 14.2. The highest BCUT2D eigenvalue weighted by molar-refractivity contribution is 5.77. The van der Waals surface area contributed by atoms with Gasteiger partial charge in [-0.05, 0) is 37.1 Å². The summed E-state index contributed by atoms with van der Waals surface area (Å²) in [6, 6.07) is 16.6. The zero-order chi connectivity index (χ0) is 17.2. The number of anilines is 1.